The largest absolute Gasteiger partial charge is 0.508 e. The molecule has 1 aromatic carbocycles. The molecule has 0 fully saturated rings. The Balaban J connectivity index is 1.84. The summed E-state index contributed by atoms with van der Waals surface area (Å²) in [5, 5.41) is 13.3. The minimum Gasteiger partial charge on any atom is -0.508 e. The van der Waals surface area contributed by atoms with Gasteiger partial charge in [-0.15, -0.1) is 0 Å². The van der Waals surface area contributed by atoms with Gasteiger partial charge in [-0.25, -0.2) is 0 Å². The average molecular weight is 256 g/mol. The average Bonchev–Trinajstić information content (AvgIpc) is 2.98. The standard InChI is InChI=1S/C14H12N2O3/c1-9-12(5-6-18-9)14-15-13(19-16-14)8-10-3-2-4-11(17)7-10/h2-7,17H,8H2,1H3. The van der Waals surface area contributed by atoms with Gasteiger partial charge in [0.15, 0.2) is 0 Å². The molecule has 2 aromatic heterocycles. The normalized spacial score (nSPS) is 10.8. The highest BCUT2D eigenvalue weighted by Crippen LogP contribution is 2.22. The predicted molar refractivity (Wildman–Crippen MR) is 67.6 cm³/mol. The van der Waals surface area contributed by atoms with Crippen LogP contribution in [-0.4, -0.2) is 15.2 Å². The van der Waals surface area contributed by atoms with Gasteiger partial charge in [0.2, 0.25) is 11.7 Å². The number of furan rings is 1. The topological polar surface area (TPSA) is 72.3 Å². The summed E-state index contributed by atoms with van der Waals surface area (Å²) >= 11 is 0. The third-order valence-corrected chi connectivity index (χ3v) is 2.83. The molecule has 2 heterocycles. The first kappa shape index (κ1) is 11.5. The molecular formula is C14H12N2O3. The zero-order chi connectivity index (χ0) is 13.2. The summed E-state index contributed by atoms with van der Waals surface area (Å²) in [6.45, 7) is 1.85. The molecule has 0 atom stereocenters. The van der Waals surface area contributed by atoms with Crippen LogP contribution in [0.1, 0.15) is 17.2 Å². The molecule has 0 aliphatic carbocycles. The van der Waals surface area contributed by atoms with Gasteiger partial charge in [0.05, 0.1) is 18.2 Å². The fourth-order valence-electron chi connectivity index (χ4n) is 1.89. The van der Waals surface area contributed by atoms with Crippen LogP contribution in [0.2, 0.25) is 0 Å². The SMILES string of the molecule is Cc1occc1-c1noc(Cc2cccc(O)c2)n1. The van der Waals surface area contributed by atoms with E-state index in [0.717, 1.165) is 16.9 Å². The van der Waals surface area contributed by atoms with Crippen LogP contribution in [0.25, 0.3) is 11.4 Å². The quantitative estimate of drug-likeness (QED) is 0.780. The first-order chi connectivity index (χ1) is 9.22. The van der Waals surface area contributed by atoms with Crippen LogP contribution in [-0.2, 0) is 6.42 Å². The number of phenolic OH excluding ortho intramolecular Hbond substituents is 1. The number of aromatic nitrogens is 2. The summed E-state index contributed by atoms with van der Waals surface area (Å²) in [6.07, 6.45) is 2.08. The van der Waals surface area contributed by atoms with Crippen LogP contribution >= 0.6 is 0 Å². The van der Waals surface area contributed by atoms with E-state index in [9.17, 15) is 5.11 Å². The Labute approximate surface area is 109 Å². The molecule has 0 unspecified atom stereocenters. The second kappa shape index (κ2) is 4.61. The van der Waals surface area contributed by atoms with Crippen LogP contribution in [0.5, 0.6) is 5.75 Å². The van der Waals surface area contributed by atoms with E-state index in [4.69, 9.17) is 8.94 Å². The molecule has 19 heavy (non-hydrogen) atoms. The van der Waals surface area contributed by atoms with Crippen LogP contribution < -0.4 is 0 Å². The maximum atomic E-state index is 9.40. The van der Waals surface area contributed by atoms with Crippen molar-refractivity contribution in [2.45, 2.75) is 13.3 Å². The van der Waals surface area contributed by atoms with Crippen LogP contribution in [0.4, 0.5) is 0 Å². The molecule has 3 aromatic rings. The van der Waals surface area contributed by atoms with Gasteiger partial charge in [-0.05, 0) is 30.7 Å². The molecule has 0 aliphatic heterocycles. The number of rotatable bonds is 3. The number of hydrogen-bond acceptors (Lipinski definition) is 5. The minimum absolute atomic E-state index is 0.225. The summed E-state index contributed by atoms with van der Waals surface area (Å²) in [5.41, 5.74) is 1.74. The summed E-state index contributed by atoms with van der Waals surface area (Å²) in [7, 11) is 0. The van der Waals surface area contributed by atoms with E-state index in [1.165, 1.54) is 0 Å². The zero-order valence-electron chi connectivity index (χ0n) is 10.3. The second-order valence-corrected chi connectivity index (χ2v) is 4.25. The summed E-state index contributed by atoms with van der Waals surface area (Å²) < 4.78 is 10.4. The maximum absolute atomic E-state index is 9.40. The Kier molecular flexibility index (Phi) is 2.79. The zero-order valence-corrected chi connectivity index (χ0v) is 10.3. The van der Waals surface area contributed by atoms with Gasteiger partial charge < -0.3 is 14.0 Å². The molecule has 0 amide bonds. The van der Waals surface area contributed by atoms with Gasteiger partial charge in [0.25, 0.3) is 0 Å². The first-order valence-corrected chi connectivity index (χ1v) is 5.87. The molecule has 0 saturated carbocycles. The highest BCUT2D eigenvalue weighted by Gasteiger charge is 2.13. The molecular weight excluding hydrogens is 244 g/mol. The van der Waals surface area contributed by atoms with Crippen molar-refractivity contribution in [3.05, 3.63) is 53.8 Å². The molecule has 96 valence electrons. The van der Waals surface area contributed by atoms with Crippen molar-refractivity contribution in [2.75, 3.05) is 0 Å². The predicted octanol–water partition coefficient (Wildman–Crippen LogP) is 2.93. The molecule has 1 N–H and O–H groups in total. The van der Waals surface area contributed by atoms with Crippen molar-refractivity contribution in [1.82, 2.24) is 10.1 Å². The minimum atomic E-state index is 0.225. The smallest absolute Gasteiger partial charge is 0.231 e. The van der Waals surface area contributed by atoms with Gasteiger partial charge in [-0.1, -0.05) is 17.3 Å². The van der Waals surface area contributed by atoms with Gasteiger partial charge in [0.1, 0.15) is 11.5 Å². The van der Waals surface area contributed by atoms with Crippen LogP contribution in [0.15, 0.2) is 45.5 Å². The second-order valence-electron chi connectivity index (χ2n) is 4.25. The third kappa shape index (κ3) is 2.35. The van der Waals surface area contributed by atoms with E-state index in [1.807, 2.05) is 13.0 Å². The van der Waals surface area contributed by atoms with Gasteiger partial charge in [-0.2, -0.15) is 4.98 Å². The number of aryl methyl sites for hydroxylation is 1. The third-order valence-electron chi connectivity index (χ3n) is 2.83. The Hall–Kier alpha value is -2.56. The van der Waals surface area contributed by atoms with Crippen LogP contribution in [0, 0.1) is 6.92 Å². The van der Waals surface area contributed by atoms with Crippen molar-refractivity contribution in [3.8, 4) is 17.1 Å². The first-order valence-electron chi connectivity index (χ1n) is 5.87. The summed E-state index contributed by atoms with van der Waals surface area (Å²) in [5.74, 6) is 2.00. The Morgan fingerprint density at radius 3 is 2.89 bits per heavy atom. The molecule has 5 nitrogen and oxygen atoms in total. The lowest BCUT2D eigenvalue weighted by Gasteiger charge is -1.96. The fourth-order valence-corrected chi connectivity index (χ4v) is 1.89. The Morgan fingerprint density at radius 1 is 1.26 bits per heavy atom. The van der Waals surface area contributed by atoms with E-state index in [1.54, 1.807) is 30.5 Å². The van der Waals surface area contributed by atoms with Gasteiger partial charge >= 0.3 is 0 Å². The lowest BCUT2D eigenvalue weighted by Crippen LogP contribution is -1.88. The van der Waals surface area contributed by atoms with Crippen molar-refractivity contribution in [2.24, 2.45) is 0 Å². The number of phenols is 1. The lowest BCUT2D eigenvalue weighted by molar-refractivity contribution is 0.385. The summed E-state index contributed by atoms with van der Waals surface area (Å²) in [4.78, 5) is 4.32. The van der Waals surface area contributed by atoms with Crippen molar-refractivity contribution in [1.29, 1.82) is 0 Å². The van der Waals surface area contributed by atoms with E-state index in [-0.39, 0.29) is 5.75 Å². The number of nitrogens with zero attached hydrogens (tertiary/aromatic N) is 2. The molecule has 0 aliphatic rings. The molecule has 5 heteroatoms. The van der Waals surface area contributed by atoms with E-state index < -0.39 is 0 Å². The van der Waals surface area contributed by atoms with Crippen molar-refractivity contribution >= 4 is 0 Å². The number of hydrogen-bond donors (Lipinski definition) is 1. The lowest BCUT2D eigenvalue weighted by atomic mass is 10.1. The number of aromatic hydroxyl groups is 1. The summed E-state index contributed by atoms with van der Waals surface area (Å²) in [6, 6.07) is 8.78. The van der Waals surface area contributed by atoms with Gasteiger partial charge in [0, 0.05) is 0 Å². The molecule has 0 bridgehead atoms. The van der Waals surface area contributed by atoms with E-state index >= 15 is 0 Å². The van der Waals surface area contributed by atoms with E-state index in [0.29, 0.717) is 18.1 Å². The molecule has 0 saturated heterocycles. The highest BCUT2D eigenvalue weighted by molar-refractivity contribution is 5.56. The Bertz CT molecular complexity index is 700. The fraction of sp³-hybridized carbons (Fsp3) is 0.143. The van der Waals surface area contributed by atoms with E-state index in [2.05, 4.69) is 10.1 Å². The van der Waals surface area contributed by atoms with Crippen molar-refractivity contribution in [3.63, 3.8) is 0 Å². The molecule has 3 rings (SSSR count). The number of benzene rings is 1. The Morgan fingerprint density at radius 2 is 2.16 bits per heavy atom. The van der Waals surface area contributed by atoms with Gasteiger partial charge in [-0.3, -0.25) is 0 Å². The maximum Gasteiger partial charge on any atom is 0.231 e. The van der Waals surface area contributed by atoms with Crippen LogP contribution in [0.3, 0.4) is 0 Å². The highest BCUT2D eigenvalue weighted by atomic mass is 16.5. The molecule has 0 spiro atoms. The molecule has 0 radical (unpaired) electrons. The van der Waals surface area contributed by atoms with Crippen molar-refractivity contribution < 1.29 is 14.0 Å². The monoisotopic (exact) mass is 256 g/mol.